The molecule has 6 heteroatoms. The number of fused-ring (bicyclic) bond motifs is 1. The zero-order valence-corrected chi connectivity index (χ0v) is 13.0. The van der Waals surface area contributed by atoms with Crippen molar-refractivity contribution in [3.8, 4) is 0 Å². The molecule has 0 aliphatic heterocycles. The number of thioether (sulfide) groups is 1. The summed E-state index contributed by atoms with van der Waals surface area (Å²) < 4.78 is 2.45. The molecule has 0 unspecified atom stereocenters. The van der Waals surface area contributed by atoms with Crippen molar-refractivity contribution in [2.24, 2.45) is 0 Å². The quantitative estimate of drug-likeness (QED) is 0.634. The molecule has 0 fully saturated rings. The molecule has 0 atom stereocenters. The molecule has 1 aromatic heterocycles. The van der Waals surface area contributed by atoms with E-state index in [0.717, 1.165) is 4.47 Å². The van der Waals surface area contributed by atoms with Crippen LogP contribution >= 0.6 is 27.7 Å². The number of benzene rings is 1. The number of carbonyl (C=O) groups excluding carboxylic acids is 1. The maximum Gasteiger partial charge on any atom is 0.262 e. The zero-order valence-electron chi connectivity index (χ0n) is 10.6. The Labute approximate surface area is 123 Å². The van der Waals surface area contributed by atoms with Crippen LogP contribution in [0.5, 0.6) is 0 Å². The van der Waals surface area contributed by atoms with Gasteiger partial charge >= 0.3 is 0 Å². The van der Waals surface area contributed by atoms with Crippen LogP contribution in [0.1, 0.15) is 13.8 Å². The summed E-state index contributed by atoms with van der Waals surface area (Å²) in [6.07, 6.45) is 0. The summed E-state index contributed by atoms with van der Waals surface area (Å²) in [6.45, 7) is 3.96. The maximum absolute atomic E-state index is 12.4. The van der Waals surface area contributed by atoms with Crippen LogP contribution in [0.4, 0.5) is 0 Å². The van der Waals surface area contributed by atoms with Crippen LogP contribution in [-0.2, 0) is 11.3 Å². The predicted octanol–water partition coefficient (Wildman–Crippen LogP) is 2.86. The van der Waals surface area contributed by atoms with Gasteiger partial charge in [0.15, 0.2) is 5.16 Å². The number of hydrogen-bond donors (Lipinski definition) is 0. The van der Waals surface area contributed by atoms with Crippen LogP contribution in [0, 0.1) is 0 Å². The summed E-state index contributed by atoms with van der Waals surface area (Å²) in [5, 5.41) is 1.18. The van der Waals surface area contributed by atoms with Crippen molar-refractivity contribution >= 4 is 44.4 Å². The number of halogens is 1. The topological polar surface area (TPSA) is 52.0 Å². The molecule has 0 bridgehead atoms. The standard InChI is InChI=1S/C13H13BrN2O2S/c1-3-16-12(18)10-6-9(14)4-5-11(10)15-13(16)19-7-8(2)17/h4-6H,3,7H2,1-2H3. The minimum Gasteiger partial charge on any atom is -0.299 e. The van der Waals surface area contributed by atoms with E-state index >= 15 is 0 Å². The van der Waals surface area contributed by atoms with E-state index in [1.807, 2.05) is 13.0 Å². The molecule has 0 saturated carbocycles. The van der Waals surface area contributed by atoms with Crippen LogP contribution in [0.3, 0.4) is 0 Å². The Morgan fingerprint density at radius 1 is 1.47 bits per heavy atom. The van der Waals surface area contributed by atoms with Gasteiger partial charge < -0.3 is 0 Å². The second-order valence-corrected chi connectivity index (χ2v) is 5.95. The minimum absolute atomic E-state index is 0.0674. The Morgan fingerprint density at radius 2 is 2.21 bits per heavy atom. The molecule has 0 spiro atoms. The number of ketones is 1. The third-order valence-corrected chi connectivity index (χ3v) is 4.22. The monoisotopic (exact) mass is 340 g/mol. The SMILES string of the molecule is CCn1c(SCC(C)=O)nc2ccc(Br)cc2c1=O. The molecule has 2 rings (SSSR count). The molecule has 19 heavy (non-hydrogen) atoms. The predicted molar refractivity (Wildman–Crippen MR) is 80.8 cm³/mol. The van der Waals surface area contributed by atoms with Crippen molar-refractivity contribution in [3.63, 3.8) is 0 Å². The Bertz CT molecular complexity index is 697. The average Bonchev–Trinajstić information content (AvgIpc) is 2.37. The molecule has 0 N–H and O–H groups in total. The van der Waals surface area contributed by atoms with Crippen molar-refractivity contribution in [3.05, 3.63) is 33.0 Å². The van der Waals surface area contributed by atoms with E-state index in [0.29, 0.717) is 28.4 Å². The van der Waals surface area contributed by atoms with Gasteiger partial charge in [-0.3, -0.25) is 14.2 Å². The third kappa shape index (κ3) is 3.06. The summed E-state index contributed by atoms with van der Waals surface area (Å²) in [6, 6.07) is 5.43. The summed E-state index contributed by atoms with van der Waals surface area (Å²) in [7, 11) is 0. The van der Waals surface area contributed by atoms with Crippen LogP contribution in [0.15, 0.2) is 32.6 Å². The molecule has 0 aliphatic rings. The summed E-state index contributed by atoms with van der Waals surface area (Å²) in [5.41, 5.74) is 0.587. The van der Waals surface area contributed by atoms with E-state index in [9.17, 15) is 9.59 Å². The molecular weight excluding hydrogens is 328 g/mol. The van der Waals surface area contributed by atoms with Gasteiger partial charge in [0, 0.05) is 11.0 Å². The fourth-order valence-electron chi connectivity index (χ4n) is 1.73. The summed E-state index contributed by atoms with van der Waals surface area (Å²) in [4.78, 5) is 27.9. The molecule has 2 aromatic rings. The van der Waals surface area contributed by atoms with Crippen molar-refractivity contribution in [1.82, 2.24) is 9.55 Å². The van der Waals surface area contributed by atoms with E-state index in [-0.39, 0.29) is 11.3 Å². The van der Waals surface area contributed by atoms with Crippen LogP contribution in [0.25, 0.3) is 10.9 Å². The van der Waals surface area contributed by atoms with Gasteiger partial charge in [-0.15, -0.1) is 0 Å². The third-order valence-electron chi connectivity index (χ3n) is 2.60. The average molecular weight is 341 g/mol. The van der Waals surface area contributed by atoms with Crippen LogP contribution in [0.2, 0.25) is 0 Å². The number of Topliss-reactive ketones (excluding diaryl/α,β-unsaturated/α-hetero) is 1. The van der Waals surface area contributed by atoms with E-state index in [1.165, 1.54) is 18.7 Å². The molecule has 0 saturated heterocycles. The van der Waals surface area contributed by atoms with Crippen molar-refractivity contribution in [2.75, 3.05) is 5.75 Å². The summed E-state index contributed by atoms with van der Waals surface area (Å²) in [5.74, 6) is 0.395. The van der Waals surface area contributed by atoms with Crippen molar-refractivity contribution in [1.29, 1.82) is 0 Å². The van der Waals surface area contributed by atoms with Gasteiger partial charge in [-0.05, 0) is 32.0 Å². The van der Waals surface area contributed by atoms with Gasteiger partial charge in [0.1, 0.15) is 5.78 Å². The lowest BCUT2D eigenvalue weighted by atomic mass is 10.2. The highest BCUT2D eigenvalue weighted by Crippen LogP contribution is 2.20. The van der Waals surface area contributed by atoms with E-state index in [1.54, 1.807) is 16.7 Å². The summed E-state index contributed by atoms with van der Waals surface area (Å²) >= 11 is 4.66. The lowest BCUT2D eigenvalue weighted by Crippen LogP contribution is -2.22. The smallest absolute Gasteiger partial charge is 0.262 e. The van der Waals surface area contributed by atoms with Gasteiger partial charge in [-0.25, -0.2) is 4.98 Å². The number of nitrogens with zero attached hydrogens (tertiary/aromatic N) is 2. The Balaban J connectivity index is 2.61. The molecule has 0 amide bonds. The first-order chi connectivity index (χ1) is 9.02. The normalized spacial score (nSPS) is 10.9. The van der Waals surface area contributed by atoms with Crippen molar-refractivity contribution in [2.45, 2.75) is 25.5 Å². The van der Waals surface area contributed by atoms with Gasteiger partial charge in [0.2, 0.25) is 0 Å². The minimum atomic E-state index is -0.0696. The largest absolute Gasteiger partial charge is 0.299 e. The molecule has 100 valence electrons. The number of aromatic nitrogens is 2. The van der Waals surface area contributed by atoms with Gasteiger partial charge in [0.25, 0.3) is 5.56 Å². The highest BCUT2D eigenvalue weighted by atomic mass is 79.9. The van der Waals surface area contributed by atoms with E-state index < -0.39 is 0 Å². The molecular formula is C13H13BrN2O2S. The highest BCUT2D eigenvalue weighted by Gasteiger charge is 2.11. The maximum atomic E-state index is 12.4. The fraction of sp³-hybridized carbons (Fsp3) is 0.308. The molecule has 0 aliphatic carbocycles. The fourth-order valence-corrected chi connectivity index (χ4v) is 2.95. The first kappa shape index (κ1) is 14.3. The van der Waals surface area contributed by atoms with Gasteiger partial charge in [-0.2, -0.15) is 0 Å². The molecule has 1 heterocycles. The van der Waals surface area contributed by atoms with Crippen LogP contribution < -0.4 is 5.56 Å². The highest BCUT2D eigenvalue weighted by molar-refractivity contribution is 9.10. The second kappa shape index (κ2) is 5.88. The number of rotatable bonds is 4. The second-order valence-electron chi connectivity index (χ2n) is 4.10. The Hall–Kier alpha value is -1.14. The number of hydrogen-bond acceptors (Lipinski definition) is 4. The van der Waals surface area contributed by atoms with Gasteiger partial charge in [-0.1, -0.05) is 27.7 Å². The van der Waals surface area contributed by atoms with E-state index in [2.05, 4.69) is 20.9 Å². The zero-order chi connectivity index (χ0) is 14.0. The molecule has 4 nitrogen and oxygen atoms in total. The lowest BCUT2D eigenvalue weighted by Gasteiger charge is -2.10. The molecule has 0 radical (unpaired) electrons. The lowest BCUT2D eigenvalue weighted by molar-refractivity contribution is -0.114. The first-order valence-corrected chi connectivity index (χ1v) is 7.63. The Kier molecular flexibility index (Phi) is 4.42. The Morgan fingerprint density at radius 3 is 2.84 bits per heavy atom. The first-order valence-electron chi connectivity index (χ1n) is 5.85. The number of carbonyl (C=O) groups is 1. The van der Waals surface area contributed by atoms with Gasteiger partial charge in [0.05, 0.1) is 16.7 Å². The molecule has 1 aromatic carbocycles. The van der Waals surface area contributed by atoms with E-state index in [4.69, 9.17) is 0 Å². The van der Waals surface area contributed by atoms with Crippen LogP contribution in [-0.4, -0.2) is 21.1 Å². The van der Waals surface area contributed by atoms with Crippen molar-refractivity contribution < 1.29 is 4.79 Å².